The molecule has 2 aromatic carbocycles. The van der Waals surface area contributed by atoms with Crippen LogP contribution in [0.1, 0.15) is 42.5 Å². The topological polar surface area (TPSA) is 80.5 Å². The average molecular weight is 486 g/mol. The van der Waals surface area contributed by atoms with Gasteiger partial charge < -0.3 is 4.57 Å². The summed E-state index contributed by atoms with van der Waals surface area (Å²) in [5, 5.41) is -0.175. The van der Waals surface area contributed by atoms with Gasteiger partial charge in [0.25, 0.3) is 5.56 Å². The molecule has 1 atom stereocenters. The molecule has 3 aromatic rings. The Hall–Kier alpha value is -2.97. The molecule has 33 heavy (non-hydrogen) atoms. The van der Waals surface area contributed by atoms with Crippen molar-refractivity contribution in [2.24, 2.45) is 12.0 Å². The number of hydrogen-bond acceptors (Lipinski definition) is 4. The standard InChI is InChI=1S/C24H21ClFN3O3S/c1-13-17-11-23(30)29(2)12-20(17)18-10-22(28-33(31,32)16-7-8-16)21(25)9-19(18)24(27-13)14-3-5-15(26)6-4-14/h3-6,9-13,16,28H,7-8H2,1-2H3/t13-/m0/s1. The van der Waals surface area contributed by atoms with Gasteiger partial charge in [0.15, 0.2) is 0 Å². The first-order chi connectivity index (χ1) is 15.6. The Bertz CT molecular complexity index is 1480. The number of aromatic nitrogens is 1. The van der Waals surface area contributed by atoms with Gasteiger partial charge in [-0.1, -0.05) is 11.6 Å². The zero-order chi connectivity index (χ0) is 23.5. The van der Waals surface area contributed by atoms with E-state index in [4.69, 9.17) is 16.6 Å². The molecule has 1 saturated carbocycles. The van der Waals surface area contributed by atoms with Crippen LogP contribution in [0.4, 0.5) is 10.1 Å². The highest BCUT2D eigenvalue weighted by Gasteiger charge is 2.36. The van der Waals surface area contributed by atoms with Gasteiger partial charge in [0.05, 0.1) is 27.7 Å². The van der Waals surface area contributed by atoms with E-state index >= 15 is 0 Å². The van der Waals surface area contributed by atoms with Gasteiger partial charge in [-0.25, -0.2) is 12.8 Å². The number of aryl methyl sites for hydroxylation is 1. The van der Waals surface area contributed by atoms with Crippen LogP contribution in [0.15, 0.2) is 58.4 Å². The second-order valence-electron chi connectivity index (χ2n) is 8.48. The highest BCUT2D eigenvalue weighted by atomic mass is 35.5. The van der Waals surface area contributed by atoms with E-state index in [-0.39, 0.29) is 28.1 Å². The maximum atomic E-state index is 13.6. The fraction of sp³-hybridized carbons (Fsp3) is 0.250. The molecule has 2 aliphatic rings. The molecule has 1 N–H and O–H groups in total. The second kappa shape index (κ2) is 7.81. The first-order valence-electron chi connectivity index (χ1n) is 10.5. The van der Waals surface area contributed by atoms with E-state index in [0.29, 0.717) is 35.2 Å². The summed E-state index contributed by atoms with van der Waals surface area (Å²) in [6, 6.07) is 10.5. The fourth-order valence-electron chi connectivity index (χ4n) is 4.07. The molecule has 9 heteroatoms. The highest BCUT2D eigenvalue weighted by Crippen LogP contribution is 2.41. The van der Waals surface area contributed by atoms with E-state index < -0.39 is 15.3 Å². The Morgan fingerprint density at radius 1 is 1.09 bits per heavy atom. The third-order valence-corrected chi connectivity index (χ3v) is 8.18. The lowest BCUT2D eigenvalue weighted by Gasteiger charge is -2.17. The average Bonchev–Trinajstić information content (AvgIpc) is 3.62. The zero-order valence-electron chi connectivity index (χ0n) is 18.0. The van der Waals surface area contributed by atoms with Crippen LogP contribution in [0, 0.1) is 5.82 Å². The fourth-order valence-corrected chi connectivity index (χ4v) is 5.74. The van der Waals surface area contributed by atoms with Crippen LogP contribution >= 0.6 is 11.6 Å². The van der Waals surface area contributed by atoms with Gasteiger partial charge in [0.1, 0.15) is 5.82 Å². The molecule has 0 radical (unpaired) electrons. The van der Waals surface area contributed by atoms with Crippen molar-refractivity contribution in [1.82, 2.24) is 4.57 Å². The molecule has 1 fully saturated rings. The van der Waals surface area contributed by atoms with E-state index in [2.05, 4.69) is 4.72 Å². The van der Waals surface area contributed by atoms with Crippen LogP contribution in [0.5, 0.6) is 0 Å². The van der Waals surface area contributed by atoms with Crippen LogP contribution in [-0.2, 0) is 17.1 Å². The Morgan fingerprint density at radius 2 is 1.79 bits per heavy atom. The molecule has 6 nitrogen and oxygen atoms in total. The number of aliphatic imine (C=N–C) groups is 1. The minimum Gasteiger partial charge on any atom is -0.318 e. The third kappa shape index (κ3) is 3.98. The van der Waals surface area contributed by atoms with E-state index in [1.807, 2.05) is 6.92 Å². The summed E-state index contributed by atoms with van der Waals surface area (Å²) in [5.74, 6) is -0.365. The number of halogens is 2. The van der Waals surface area contributed by atoms with Crippen molar-refractivity contribution in [2.45, 2.75) is 31.1 Å². The molecule has 0 saturated heterocycles. The molecule has 1 aromatic heterocycles. The summed E-state index contributed by atoms with van der Waals surface area (Å²) in [5.41, 5.74) is 4.20. The summed E-state index contributed by atoms with van der Waals surface area (Å²) in [7, 11) is -1.87. The molecule has 1 aliphatic heterocycles. The Morgan fingerprint density at radius 3 is 2.45 bits per heavy atom. The van der Waals surface area contributed by atoms with Crippen LogP contribution < -0.4 is 10.3 Å². The molecular weight excluding hydrogens is 465 g/mol. The Balaban J connectivity index is 1.77. The summed E-state index contributed by atoms with van der Waals surface area (Å²) in [4.78, 5) is 17.3. The molecule has 170 valence electrons. The summed E-state index contributed by atoms with van der Waals surface area (Å²) in [6.45, 7) is 1.88. The number of hydrogen-bond donors (Lipinski definition) is 1. The Labute approximate surface area is 195 Å². The molecule has 5 rings (SSSR count). The van der Waals surface area contributed by atoms with Crippen molar-refractivity contribution in [3.05, 3.63) is 86.5 Å². The number of benzene rings is 2. The van der Waals surface area contributed by atoms with Crippen molar-refractivity contribution in [1.29, 1.82) is 0 Å². The first-order valence-corrected chi connectivity index (χ1v) is 12.5. The lowest BCUT2D eigenvalue weighted by Crippen LogP contribution is -2.18. The van der Waals surface area contributed by atoms with Gasteiger partial charge in [-0.15, -0.1) is 0 Å². The van der Waals surface area contributed by atoms with Gasteiger partial charge in [-0.2, -0.15) is 0 Å². The molecule has 0 amide bonds. The van der Waals surface area contributed by atoms with Crippen LogP contribution in [0.3, 0.4) is 0 Å². The zero-order valence-corrected chi connectivity index (χ0v) is 19.5. The largest absolute Gasteiger partial charge is 0.318 e. The quantitative estimate of drug-likeness (QED) is 0.583. The number of rotatable bonds is 4. The summed E-state index contributed by atoms with van der Waals surface area (Å²) in [6.07, 6.45) is 2.98. The summed E-state index contributed by atoms with van der Waals surface area (Å²) < 4.78 is 42.9. The van der Waals surface area contributed by atoms with Crippen molar-refractivity contribution in [2.75, 3.05) is 4.72 Å². The van der Waals surface area contributed by atoms with Crippen LogP contribution in [-0.4, -0.2) is 23.9 Å². The van der Waals surface area contributed by atoms with Crippen LogP contribution in [0.25, 0.3) is 11.1 Å². The maximum absolute atomic E-state index is 13.6. The lowest BCUT2D eigenvalue weighted by atomic mass is 9.92. The number of fused-ring (bicyclic) bond motifs is 3. The number of nitrogens with one attached hydrogen (secondary N) is 1. The van der Waals surface area contributed by atoms with Crippen molar-refractivity contribution in [3.8, 4) is 11.1 Å². The van der Waals surface area contributed by atoms with E-state index in [1.54, 1.807) is 43.6 Å². The molecule has 0 spiro atoms. The monoisotopic (exact) mass is 485 g/mol. The minimum absolute atomic E-state index is 0.175. The van der Waals surface area contributed by atoms with Crippen LogP contribution in [0.2, 0.25) is 5.02 Å². The molecule has 0 bridgehead atoms. The third-order valence-electron chi connectivity index (χ3n) is 6.02. The number of pyridine rings is 1. The highest BCUT2D eigenvalue weighted by molar-refractivity contribution is 7.93. The normalized spacial score (nSPS) is 17.6. The minimum atomic E-state index is -3.53. The molecule has 2 heterocycles. The number of nitrogens with zero attached hydrogens (tertiary/aromatic N) is 2. The molecule has 1 aliphatic carbocycles. The molecule has 0 unspecified atom stereocenters. The van der Waals surface area contributed by atoms with Gasteiger partial charge in [0, 0.05) is 36.0 Å². The van der Waals surface area contributed by atoms with Crippen molar-refractivity contribution >= 4 is 33.0 Å². The predicted octanol–water partition coefficient (Wildman–Crippen LogP) is 4.66. The van der Waals surface area contributed by atoms with Gasteiger partial charge in [-0.3, -0.25) is 14.5 Å². The SMILES string of the molecule is C[C@@H]1N=C(c2ccc(F)cc2)c2cc(Cl)c(NS(=O)(=O)C3CC3)cc2-c2cn(C)c(=O)cc21. The van der Waals surface area contributed by atoms with E-state index in [0.717, 1.165) is 11.1 Å². The van der Waals surface area contributed by atoms with Gasteiger partial charge in [-0.05, 0) is 67.3 Å². The lowest BCUT2D eigenvalue weighted by molar-refractivity contribution is 0.600. The van der Waals surface area contributed by atoms with Gasteiger partial charge >= 0.3 is 0 Å². The smallest absolute Gasteiger partial charge is 0.250 e. The second-order valence-corrected chi connectivity index (χ2v) is 10.8. The van der Waals surface area contributed by atoms with E-state index in [9.17, 15) is 17.6 Å². The molecular formula is C24H21ClFN3O3S. The maximum Gasteiger partial charge on any atom is 0.250 e. The van der Waals surface area contributed by atoms with Gasteiger partial charge in [0.2, 0.25) is 10.0 Å². The number of anilines is 1. The summed E-state index contributed by atoms with van der Waals surface area (Å²) >= 11 is 6.55. The van der Waals surface area contributed by atoms with E-state index in [1.165, 1.54) is 16.7 Å². The van der Waals surface area contributed by atoms with Crippen molar-refractivity contribution < 1.29 is 12.8 Å². The first kappa shape index (κ1) is 21.9. The van der Waals surface area contributed by atoms with Crippen molar-refractivity contribution in [3.63, 3.8) is 0 Å². The predicted molar refractivity (Wildman–Crippen MR) is 128 cm³/mol. The number of sulfonamides is 1. The Kier molecular flexibility index (Phi) is 5.17.